The molecule has 0 atom stereocenters. The highest BCUT2D eigenvalue weighted by Gasteiger charge is 2.27. The van der Waals surface area contributed by atoms with Crippen molar-refractivity contribution in [3.8, 4) is 5.75 Å². The molecule has 25 heavy (non-hydrogen) atoms. The SMILES string of the molecule is CCOc1ccc(CCNC(=O)CN2Cc3ccccc3C2=O)cc1. The Bertz CT molecular complexity index is 756. The van der Waals surface area contributed by atoms with Crippen LogP contribution in [0.2, 0.25) is 0 Å². The third kappa shape index (κ3) is 4.18. The van der Waals surface area contributed by atoms with Gasteiger partial charge in [-0.3, -0.25) is 9.59 Å². The maximum Gasteiger partial charge on any atom is 0.254 e. The summed E-state index contributed by atoms with van der Waals surface area (Å²) in [6.07, 6.45) is 0.742. The zero-order chi connectivity index (χ0) is 17.6. The number of carbonyl (C=O) groups excluding carboxylic acids is 2. The molecule has 2 aromatic carbocycles. The second-order valence-corrected chi connectivity index (χ2v) is 6.00. The largest absolute Gasteiger partial charge is 0.494 e. The normalized spacial score (nSPS) is 12.8. The Kier molecular flexibility index (Phi) is 5.33. The summed E-state index contributed by atoms with van der Waals surface area (Å²) in [6, 6.07) is 15.3. The van der Waals surface area contributed by atoms with E-state index < -0.39 is 0 Å². The summed E-state index contributed by atoms with van der Waals surface area (Å²) < 4.78 is 5.41. The summed E-state index contributed by atoms with van der Waals surface area (Å²) in [7, 11) is 0. The van der Waals surface area contributed by atoms with E-state index in [0.717, 1.165) is 23.3 Å². The zero-order valence-electron chi connectivity index (χ0n) is 14.3. The Hall–Kier alpha value is -2.82. The third-order valence-corrected chi connectivity index (χ3v) is 4.20. The van der Waals surface area contributed by atoms with E-state index >= 15 is 0 Å². The van der Waals surface area contributed by atoms with Crippen LogP contribution in [0.15, 0.2) is 48.5 Å². The van der Waals surface area contributed by atoms with Crippen LogP contribution in [0.25, 0.3) is 0 Å². The number of ether oxygens (including phenoxy) is 1. The second-order valence-electron chi connectivity index (χ2n) is 6.00. The van der Waals surface area contributed by atoms with E-state index in [2.05, 4.69) is 5.32 Å². The lowest BCUT2D eigenvalue weighted by atomic mass is 10.1. The van der Waals surface area contributed by atoms with E-state index in [4.69, 9.17) is 4.74 Å². The number of amides is 2. The molecule has 0 aromatic heterocycles. The molecule has 0 unspecified atom stereocenters. The molecule has 1 heterocycles. The van der Waals surface area contributed by atoms with E-state index in [1.807, 2.05) is 55.5 Å². The highest BCUT2D eigenvalue weighted by Crippen LogP contribution is 2.21. The van der Waals surface area contributed by atoms with Crippen LogP contribution in [0.5, 0.6) is 5.75 Å². The number of hydrogen-bond donors (Lipinski definition) is 1. The van der Waals surface area contributed by atoms with Gasteiger partial charge in [0.1, 0.15) is 12.3 Å². The zero-order valence-corrected chi connectivity index (χ0v) is 14.3. The molecule has 0 saturated carbocycles. The monoisotopic (exact) mass is 338 g/mol. The first kappa shape index (κ1) is 17.0. The molecule has 1 N–H and O–H groups in total. The van der Waals surface area contributed by atoms with Crippen molar-refractivity contribution in [2.45, 2.75) is 19.9 Å². The van der Waals surface area contributed by atoms with Gasteiger partial charge in [0.2, 0.25) is 5.91 Å². The first-order valence-electron chi connectivity index (χ1n) is 8.53. The molecule has 130 valence electrons. The fourth-order valence-electron chi connectivity index (χ4n) is 2.94. The summed E-state index contributed by atoms with van der Waals surface area (Å²) in [5, 5.41) is 2.88. The van der Waals surface area contributed by atoms with Crippen molar-refractivity contribution in [3.05, 3.63) is 65.2 Å². The maximum atomic E-state index is 12.2. The maximum absolute atomic E-state index is 12.2. The number of benzene rings is 2. The highest BCUT2D eigenvalue weighted by atomic mass is 16.5. The van der Waals surface area contributed by atoms with Crippen LogP contribution < -0.4 is 10.1 Å². The first-order chi connectivity index (χ1) is 12.2. The van der Waals surface area contributed by atoms with Gasteiger partial charge in [-0.2, -0.15) is 0 Å². The van der Waals surface area contributed by atoms with E-state index in [1.165, 1.54) is 0 Å². The molecule has 1 aliphatic rings. The molecule has 3 rings (SSSR count). The van der Waals surface area contributed by atoms with Crippen molar-refractivity contribution >= 4 is 11.8 Å². The smallest absolute Gasteiger partial charge is 0.254 e. The van der Waals surface area contributed by atoms with Crippen LogP contribution in [0.3, 0.4) is 0 Å². The van der Waals surface area contributed by atoms with Gasteiger partial charge in [0.25, 0.3) is 5.91 Å². The standard InChI is InChI=1S/C20H22N2O3/c1-2-25-17-9-7-15(8-10-17)11-12-21-19(23)14-22-13-16-5-3-4-6-18(16)20(22)24/h3-10H,2,11-14H2,1H3,(H,21,23). The van der Waals surface area contributed by atoms with E-state index in [-0.39, 0.29) is 18.4 Å². The number of carbonyl (C=O) groups is 2. The number of hydrogen-bond acceptors (Lipinski definition) is 3. The fourth-order valence-corrected chi connectivity index (χ4v) is 2.94. The van der Waals surface area contributed by atoms with Gasteiger partial charge >= 0.3 is 0 Å². The summed E-state index contributed by atoms with van der Waals surface area (Å²) in [4.78, 5) is 25.9. The minimum absolute atomic E-state index is 0.0720. The van der Waals surface area contributed by atoms with Crippen LogP contribution >= 0.6 is 0 Å². The highest BCUT2D eigenvalue weighted by molar-refractivity contribution is 6.00. The lowest BCUT2D eigenvalue weighted by Gasteiger charge is -2.15. The number of rotatable bonds is 7. The van der Waals surface area contributed by atoms with Crippen LogP contribution in [0.4, 0.5) is 0 Å². The van der Waals surface area contributed by atoms with Gasteiger partial charge in [-0.15, -0.1) is 0 Å². The van der Waals surface area contributed by atoms with Crippen LogP contribution in [0, 0.1) is 0 Å². The summed E-state index contributed by atoms with van der Waals surface area (Å²) >= 11 is 0. The van der Waals surface area contributed by atoms with Crippen LogP contribution in [0.1, 0.15) is 28.4 Å². The van der Waals surface area contributed by atoms with Crippen molar-refractivity contribution in [1.29, 1.82) is 0 Å². The topological polar surface area (TPSA) is 58.6 Å². The van der Waals surface area contributed by atoms with Gasteiger partial charge in [0, 0.05) is 18.7 Å². The van der Waals surface area contributed by atoms with Crippen molar-refractivity contribution < 1.29 is 14.3 Å². The number of nitrogens with zero attached hydrogens (tertiary/aromatic N) is 1. The van der Waals surface area contributed by atoms with Gasteiger partial charge in [-0.1, -0.05) is 30.3 Å². The van der Waals surface area contributed by atoms with Crippen LogP contribution in [-0.2, 0) is 17.8 Å². The Balaban J connectivity index is 1.44. The third-order valence-electron chi connectivity index (χ3n) is 4.20. The predicted octanol–water partition coefficient (Wildman–Crippen LogP) is 2.40. The lowest BCUT2D eigenvalue weighted by molar-refractivity contribution is -0.121. The molecular weight excluding hydrogens is 316 g/mol. The molecule has 0 bridgehead atoms. The number of nitrogens with one attached hydrogen (secondary N) is 1. The molecule has 2 aromatic rings. The van der Waals surface area contributed by atoms with Crippen molar-refractivity contribution in [2.75, 3.05) is 19.7 Å². The van der Waals surface area contributed by atoms with Crippen molar-refractivity contribution in [1.82, 2.24) is 10.2 Å². The van der Waals surface area contributed by atoms with Gasteiger partial charge in [-0.05, 0) is 42.7 Å². The van der Waals surface area contributed by atoms with E-state index in [1.54, 1.807) is 4.90 Å². The Labute approximate surface area is 147 Å². The van der Waals surface area contributed by atoms with Crippen LogP contribution in [-0.4, -0.2) is 36.4 Å². The molecule has 2 amide bonds. The fraction of sp³-hybridized carbons (Fsp3) is 0.300. The van der Waals surface area contributed by atoms with Gasteiger partial charge in [-0.25, -0.2) is 0 Å². The molecule has 5 nitrogen and oxygen atoms in total. The Morgan fingerprint density at radius 1 is 1.16 bits per heavy atom. The second kappa shape index (κ2) is 7.83. The molecule has 0 aliphatic carbocycles. The average Bonchev–Trinajstić information content (AvgIpc) is 2.93. The predicted molar refractivity (Wildman–Crippen MR) is 95.5 cm³/mol. The van der Waals surface area contributed by atoms with Gasteiger partial charge in [0.15, 0.2) is 0 Å². The summed E-state index contributed by atoms with van der Waals surface area (Å²) in [5.41, 5.74) is 2.81. The molecule has 0 fully saturated rings. The minimum Gasteiger partial charge on any atom is -0.494 e. The Morgan fingerprint density at radius 2 is 1.92 bits per heavy atom. The van der Waals surface area contributed by atoms with Crippen molar-refractivity contribution in [2.24, 2.45) is 0 Å². The summed E-state index contributed by atoms with van der Waals surface area (Å²) in [6.45, 7) is 3.74. The number of fused-ring (bicyclic) bond motifs is 1. The first-order valence-corrected chi connectivity index (χ1v) is 8.53. The quantitative estimate of drug-likeness (QED) is 0.843. The molecular formula is C20H22N2O3. The van der Waals surface area contributed by atoms with E-state index in [0.29, 0.717) is 25.3 Å². The Morgan fingerprint density at radius 3 is 2.64 bits per heavy atom. The van der Waals surface area contributed by atoms with Gasteiger partial charge in [0.05, 0.1) is 6.61 Å². The molecule has 0 saturated heterocycles. The van der Waals surface area contributed by atoms with Gasteiger partial charge < -0.3 is 15.0 Å². The van der Waals surface area contributed by atoms with E-state index in [9.17, 15) is 9.59 Å². The molecule has 5 heteroatoms. The molecule has 0 spiro atoms. The van der Waals surface area contributed by atoms with Crippen molar-refractivity contribution in [3.63, 3.8) is 0 Å². The molecule has 0 radical (unpaired) electrons. The average molecular weight is 338 g/mol. The minimum atomic E-state index is -0.132. The lowest BCUT2D eigenvalue weighted by Crippen LogP contribution is -2.38. The summed E-state index contributed by atoms with van der Waals surface area (Å²) in [5.74, 6) is 0.645. The molecule has 1 aliphatic heterocycles.